The van der Waals surface area contributed by atoms with E-state index in [1.54, 1.807) is 20.4 Å². The molecule has 1 aromatic heterocycles. The molecule has 6 heteroatoms. The SMILES string of the molecule is CCCOCC(NC)c1ncc(OC)nc1OC. The third kappa shape index (κ3) is 3.82. The van der Waals surface area contributed by atoms with Gasteiger partial charge in [-0.15, -0.1) is 0 Å². The Morgan fingerprint density at radius 1 is 1.33 bits per heavy atom. The predicted molar refractivity (Wildman–Crippen MR) is 68.0 cm³/mol. The molecule has 0 aliphatic rings. The van der Waals surface area contributed by atoms with Crippen LogP contribution in [0.3, 0.4) is 0 Å². The van der Waals surface area contributed by atoms with E-state index in [2.05, 4.69) is 22.2 Å². The lowest BCUT2D eigenvalue weighted by Crippen LogP contribution is -2.24. The second-order valence-electron chi connectivity index (χ2n) is 3.72. The van der Waals surface area contributed by atoms with Crippen molar-refractivity contribution in [2.24, 2.45) is 0 Å². The molecule has 0 aliphatic heterocycles. The van der Waals surface area contributed by atoms with Gasteiger partial charge in [0.2, 0.25) is 11.8 Å². The summed E-state index contributed by atoms with van der Waals surface area (Å²) in [6.45, 7) is 3.33. The fourth-order valence-electron chi connectivity index (χ4n) is 1.50. The molecule has 1 atom stereocenters. The summed E-state index contributed by atoms with van der Waals surface area (Å²) < 4.78 is 15.8. The van der Waals surface area contributed by atoms with Crippen LogP contribution in [0.25, 0.3) is 0 Å². The third-order valence-corrected chi connectivity index (χ3v) is 2.46. The summed E-state index contributed by atoms with van der Waals surface area (Å²) >= 11 is 0. The van der Waals surface area contributed by atoms with Crippen LogP contribution < -0.4 is 14.8 Å². The summed E-state index contributed by atoms with van der Waals surface area (Å²) in [5.41, 5.74) is 0.719. The Labute approximate surface area is 108 Å². The normalized spacial score (nSPS) is 12.2. The second kappa shape index (κ2) is 7.84. The molecule has 0 aromatic carbocycles. The number of ether oxygens (including phenoxy) is 3. The van der Waals surface area contributed by atoms with Crippen LogP contribution in [-0.4, -0.2) is 44.4 Å². The van der Waals surface area contributed by atoms with E-state index in [1.807, 2.05) is 7.05 Å². The van der Waals surface area contributed by atoms with Gasteiger partial charge in [0.15, 0.2) is 0 Å². The lowest BCUT2D eigenvalue weighted by molar-refractivity contribution is 0.112. The van der Waals surface area contributed by atoms with Crippen molar-refractivity contribution in [2.45, 2.75) is 19.4 Å². The van der Waals surface area contributed by atoms with Crippen molar-refractivity contribution in [3.05, 3.63) is 11.9 Å². The van der Waals surface area contributed by atoms with Gasteiger partial charge in [-0.25, -0.2) is 4.98 Å². The zero-order valence-corrected chi connectivity index (χ0v) is 11.4. The highest BCUT2D eigenvalue weighted by molar-refractivity contribution is 5.25. The third-order valence-electron chi connectivity index (χ3n) is 2.46. The maximum absolute atomic E-state index is 5.53. The number of likely N-dealkylation sites (N-methyl/N-ethyl adjacent to an activating group) is 1. The molecule has 0 spiro atoms. The van der Waals surface area contributed by atoms with Crippen LogP contribution in [-0.2, 0) is 4.74 Å². The molecule has 102 valence electrons. The number of methoxy groups -OCH3 is 2. The quantitative estimate of drug-likeness (QED) is 0.704. The average molecular weight is 255 g/mol. The van der Waals surface area contributed by atoms with E-state index in [4.69, 9.17) is 14.2 Å². The van der Waals surface area contributed by atoms with Gasteiger partial charge >= 0.3 is 0 Å². The number of nitrogens with one attached hydrogen (secondary N) is 1. The first-order valence-electron chi connectivity index (χ1n) is 5.96. The van der Waals surface area contributed by atoms with Gasteiger partial charge in [-0.05, 0) is 13.5 Å². The molecule has 1 aromatic rings. The monoisotopic (exact) mass is 255 g/mol. The molecule has 0 fully saturated rings. The van der Waals surface area contributed by atoms with Crippen LogP contribution in [0.5, 0.6) is 11.8 Å². The van der Waals surface area contributed by atoms with E-state index in [9.17, 15) is 0 Å². The first-order chi connectivity index (χ1) is 8.76. The Morgan fingerprint density at radius 3 is 2.67 bits per heavy atom. The molecule has 1 heterocycles. The van der Waals surface area contributed by atoms with E-state index < -0.39 is 0 Å². The van der Waals surface area contributed by atoms with Crippen LogP contribution in [0.4, 0.5) is 0 Å². The first kappa shape index (κ1) is 14.7. The fourth-order valence-corrected chi connectivity index (χ4v) is 1.50. The van der Waals surface area contributed by atoms with E-state index in [-0.39, 0.29) is 6.04 Å². The molecular weight excluding hydrogens is 234 g/mol. The molecule has 0 bridgehead atoms. The zero-order chi connectivity index (χ0) is 13.4. The summed E-state index contributed by atoms with van der Waals surface area (Å²) in [7, 11) is 4.96. The summed E-state index contributed by atoms with van der Waals surface area (Å²) in [6.07, 6.45) is 2.56. The van der Waals surface area contributed by atoms with Gasteiger partial charge in [0.05, 0.1) is 33.1 Å². The molecule has 18 heavy (non-hydrogen) atoms. The topological polar surface area (TPSA) is 65.5 Å². The minimum Gasteiger partial charge on any atom is -0.480 e. The molecule has 1 unspecified atom stereocenters. The minimum atomic E-state index is -0.0510. The van der Waals surface area contributed by atoms with Crippen molar-refractivity contribution in [2.75, 3.05) is 34.5 Å². The van der Waals surface area contributed by atoms with Crippen LogP contribution in [0.15, 0.2) is 6.20 Å². The largest absolute Gasteiger partial charge is 0.480 e. The number of hydrogen-bond acceptors (Lipinski definition) is 6. The predicted octanol–water partition coefficient (Wildman–Crippen LogP) is 1.18. The van der Waals surface area contributed by atoms with E-state index in [1.165, 1.54) is 0 Å². The maximum Gasteiger partial charge on any atom is 0.240 e. The highest BCUT2D eigenvalue weighted by atomic mass is 16.5. The minimum absolute atomic E-state index is 0.0510. The molecule has 0 amide bonds. The Hall–Kier alpha value is -1.40. The van der Waals surface area contributed by atoms with E-state index >= 15 is 0 Å². The molecule has 1 N–H and O–H groups in total. The van der Waals surface area contributed by atoms with Gasteiger partial charge in [-0.2, -0.15) is 4.98 Å². The average Bonchev–Trinajstić information content (AvgIpc) is 2.43. The lowest BCUT2D eigenvalue weighted by Gasteiger charge is -2.17. The van der Waals surface area contributed by atoms with Crippen molar-refractivity contribution in [3.8, 4) is 11.8 Å². The fraction of sp³-hybridized carbons (Fsp3) is 0.667. The van der Waals surface area contributed by atoms with Crippen LogP contribution in [0.2, 0.25) is 0 Å². The van der Waals surface area contributed by atoms with Crippen LogP contribution >= 0.6 is 0 Å². The zero-order valence-electron chi connectivity index (χ0n) is 11.4. The number of rotatable bonds is 8. The number of hydrogen-bond donors (Lipinski definition) is 1. The summed E-state index contributed by atoms with van der Waals surface area (Å²) in [4.78, 5) is 8.52. The molecule has 6 nitrogen and oxygen atoms in total. The number of aromatic nitrogens is 2. The van der Waals surface area contributed by atoms with Crippen molar-refractivity contribution in [3.63, 3.8) is 0 Å². The van der Waals surface area contributed by atoms with Crippen molar-refractivity contribution < 1.29 is 14.2 Å². The molecule has 0 saturated heterocycles. The van der Waals surface area contributed by atoms with Crippen LogP contribution in [0, 0.1) is 0 Å². The molecule has 0 radical (unpaired) electrons. The first-order valence-corrected chi connectivity index (χ1v) is 5.96. The van der Waals surface area contributed by atoms with Crippen molar-refractivity contribution in [1.29, 1.82) is 0 Å². The molecule has 1 rings (SSSR count). The summed E-state index contributed by atoms with van der Waals surface area (Å²) in [6, 6.07) is -0.0510. The van der Waals surface area contributed by atoms with Gasteiger partial charge in [0.25, 0.3) is 0 Å². The molecule has 0 aliphatic carbocycles. The van der Waals surface area contributed by atoms with Crippen molar-refractivity contribution in [1.82, 2.24) is 15.3 Å². The number of nitrogens with zero attached hydrogens (tertiary/aromatic N) is 2. The Balaban J connectivity index is 2.83. The molecular formula is C12H21N3O3. The van der Waals surface area contributed by atoms with Gasteiger partial charge in [0, 0.05) is 6.61 Å². The standard InChI is InChI=1S/C12H21N3O3/c1-5-6-18-8-9(13-2)11-12(17-4)15-10(16-3)7-14-11/h7,9,13H,5-6,8H2,1-4H3. The highest BCUT2D eigenvalue weighted by Gasteiger charge is 2.18. The Bertz CT molecular complexity index is 360. The second-order valence-corrected chi connectivity index (χ2v) is 3.72. The van der Waals surface area contributed by atoms with Crippen molar-refractivity contribution >= 4 is 0 Å². The van der Waals surface area contributed by atoms with E-state index in [0.29, 0.717) is 18.4 Å². The van der Waals surface area contributed by atoms with Gasteiger partial charge in [-0.1, -0.05) is 6.92 Å². The van der Waals surface area contributed by atoms with Gasteiger partial charge < -0.3 is 19.5 Å². The smallest absolute Gasteiger partial charge is 0.240 e. The summed E-state index contributed by atoms with van der Waals surface area (Å²) in [5.74, 6) is 0.883. The van der Waals surface area contributed by atoms with Crippen LogP contribution in [0.1, 0.15) is 25.1 Å². The van der Waals surface area contributed by atoms with Gasteiger partial charge in [-0.3, -0.25) is 0 Å². The summed E-state index contributed by atoms with van der Waals surface area (Å²) in [5, 5.41) is 3.14. The highest BCUT2D eigenvalue weighted by Crippen LogP contribution is 2.23. The maximum atomic E-state index is 5.53. The lowest BCUT2D eigenvalue weighted by atomic mass is 10.2. The van der Waals surface area contributed by atoms with E-state index in [0.717, 1.165) is 18.7 Å². The Morgan fingerprint density at radius 2 is 2.11 bits per heavy atom. The Kier molecular flexibility index (Phi) is 6.38. The molecule has 0 saturated carbocycles. The van der Waals surface area contributed by atoms with Gasteiger partial charge in [0.1, 0.15) is 5.69 Å².